The van der Waals surface area contributed by atoms with Crippen molar-refractivity contribution in [2.75, 3.05) is 45.8 Å². The number of likely N-dealkylation sites (tertiary alicyclic amines) is 1. The Morgan fingerprint density at radius 1 is 1.10 bits per heavy atom. The van der Waals surface area contributed by atoms with E-state index in [0.717, 1.165) is 75.4 Å². The molecule has 0 unspecified atom stereocenters. The van der Waals surface area contributed by atoms with Gasteiger partial charge >= 0.3 is 0 Å². The van der Waals surface area contributed by atoms with E-state index in [1.165, 1.54) is 18.2 Å². The molecule has 0 spiro atoms. The number of nitrogens with one attached hydrogen (secondary N) is 1. The molecule has 2 aliphatic rings. The Hall–Kier alpha value is -3.42. The molecule has 2 saturated heterocycles. The van der Waals surface area contributed by atoms with Crippen LogP contribution in [0.15, 0.2) is 102 Å². The predicted molar refractivity (Wildman–Crippen MR) is 166 cm³/mol. The molecule has 0 saturated carbocycles. The van der Waals surface area contributed by atoms with Crippen LogP contribution >= 0.6 is 0 Å². The molecule has 5 nitrogen and oxygen atoms in total. The van der Waals surface area contributed by atoms with E-state index in [1.807, 2.05) is 39.0 Å². The first-order valence-electron chi connectivity index (χ1n) is 14.4. The molecule has 0 aliphatic carbocycles. The van der Waals surface area contributed by atoms with E-state index in [9.17, 15) is 13.9 Å². The SMILES string of the molecule is C=C/C(F)=C\C=C(/C)CN1CCC(N2CCN(C(=C)/C(O)=C\C(=C/C)C(=C)NCc3ccc(C)cc3F)CC2)CC1. The van der Waals surface area contributed by atoms with Crippen LogP contribution < -0.4 is 5.32 Å². The predicted octanol–water partition coefficient (Wildman–Crippen LogP) is 6.71. The zero-order valence-electron chi connectivity index (χ0n) is 24.9. The van der Waals surface area contributed by atoms with E-state index in [2.05, 4.69) is 39.8 Å². The molecular formula is C34H46F2N4O. The van der Waals surface area contributed by atoms with Crippen molar-refractivity contribution < 1.29 is 13.9 Å². The summed E-state index contributed by atoms with van der Waals surface area (Å²) in [5, 5.41) is 14.0. The van der Waals surface area contributed by atoms with Crippen LogP contribution in [0.5, 0.6) is 0 Å². The van der Waals surface area contributed by atoms with Crippen molar-refractivity contribution in [1.29, 1.82) is 0 Å². The van der Waals surface area contributed by atoms with Gasteiger partial charge in [-0.2, -0.15) is 0 Å². The number of hydrogen-bond donors (Lipinski definition) is 2. The van der Waals surface area contributed by atoms with Crippen LogP contribution in [0, 0.1) is 12.7 Å². The Morgan fingerprint density at radius 3 is 2.39 bits per heavy atom. The first-order valence-corrected chi connectivity index (χ1v) is 14.4. The first kappa shape index (κ1) is 32.1. The third-order valence-corrected chi connectivity index (χ3v) is 7.91. The van der Waals surface area contributed by atoms with Crippen LogP contribution in [0.25, 0.3) is 0 Å². The van der Waals surface area contributed by atoms with Crippen molar-refractivity contribution in [1.82, 2.24) is 20.0 Å². The molecule has 3 rings (SSSR count). The Kier molecular flexibility index (Phi) is 12.2. The molecule has 0 bridgehead atoms. The van der Waals surface area contributed by atoms with Gasteiger partial charge in [0.15, 0.2) is 0 Å². The van der Waals surface area contributed by atoms with E-state index < -0.39 is 0 Å². The molecule has 1 aromatic carbocycles. The average Bonchev–Trinajstić information content (AvgIpc) is 2.98. The average molecular weight is 565 g/mol. The van der Waals surface area contributed by atoms with Crippen molar-refractivity contribution in [3.63, 3.8) is 0 Å². The second-order valence-electron chi connectivity index (χ2n) is 10.9. The lowest BCUT2D eigenvalue weighted by Crippen LogP contribution is -2.53. The molecule has 0 amide bonds. The highest BCUT2D eigenvalue weighted by Crippen LogP contribution is 2.23. The molecular weight excluding hydrogens is 518 g/mol. The fourth-order valence-corrected chi connectivity index (χ4v) is 5.33. The molecule has 2 aliphatic heterocycles. The van der Waals surface area contributed by atoms with Crippen LogP contribution in [0.4, 0.5) is 8.78 Å². The lowest BCUT2D eigenvalue weighted by atomic mass is 10.0. The van der Waals surface area contributed by atoms with Crippen LogP contribution in [-0.2, 0) is 6.54 Å². The van der Waals surface area contributed by atoms with Gasteiger partial charge in [-0.15, -0.1) is 0 Å². The summed E-state index contributed by atoms with van der Waals surface area (Å²) in [7, 11) is 0. The summed E-state index contributed by atoms with van der Waals surface area (Å²) in [6.07, 6.45) is 10.3. The van der Waals surface area contributed by atoms with Crippen LogP contribution in [0.1, 0.15) is 37.8 Å². The maximum atomic E-state index is 14.2. The molecule has 222 valence electrons. The minimum absolute atomic E-state index is 0.107. The normalized spacial score (nSPS) is 18.9. The largest absolute Gasteiger partial charge is 0.506 e. The smallest absolute Gasteiger partial charge is 0.138 e. The fourth-order valence-electron chi connectivity index (χ4n) is 5.33. The minimum atomic E-state index is -0.315. The van der Waals surface area contributed by atoms with Crippen molar-refractivity contribution in [3.05, 3.63) is 119 Å². The summed E-state index contributed by atoms with van der Waals surface area (Å²) < 4.78 is 27.5. The molecule has 0 atom stereocenters. The molecule has 41 heavy (non-hydrogen) atoms. The molecule has 0 aromatic heterocycles. The van der Waals surface area contributed by atoms with Gasteiger partial charge in [-0.3, -0.25) is 9.80 Å². The zero-order chi connectivity index (χ0) is 29.9. The summed E-state index contributed by atoms with van der Waals surface area (Å²) >= 11 is 0. The second kappa shape index (κ2) is 15.5. The van der Waals surface area contributed by atoms with Gasteiger partial charge in [0.2, 0.25) is 0 Å². The number of aliphatic hydroxyl groups excluding tert-OH is 1. The molecule has 2 heterocycles. The molecule has 2 fully saturated rings. The van der Waals surface area contributed by atoms with E-state index in [1.54, 1.807) is 12.1 Å². The van der Waals surface area contributed by atoms with Crippen molar-refractivity contribution in [2.24, 2.45) is 0 Å². The summed E-state index contributed by atoms with van der Waals surface area (Å²) in [4.78, 5) is 7.12. The Balaban J connectivity index is 1.45. The third-order valence-electron chi connectivity index (χ3n) is 7.91. The lowest BCUT2D eigenvalue weighted by Gasteiger charge is -2.43. The number of piperazine rings is 1. The van der Waals surface area contributed by atoms with Crippen LogP contribution in [0.3, 0.4) is 0 Å². The Labute approximate surface area is 245 Å². The molecule has 0 radical (unpaired) electrons. The number of piperidine rings is 1. The number of allylic oxidation sites excluding steroid dienone is 6. The van der Waals surface area contributed by atoms with Crippen LogP contribution in [0.2, 0.25) is 0 Å². The van der Waals surface area contributed by atoms with Gasteiger partial charge in [-0.1, -0.05) is 49.6 Å². The van der Waals surface area contributed by atoms with Crippen molar-refractivity contribution in [2.45, 2.75) is 46.2 Å². The highest BCUT2D eigenvalue weighted by Gasteiger charge is 2.28. The monoisotopic (exact) mass is 564 g/mol. The van der Waals surface area contributed by atoms with Gasteiger partial charge in [0, 0.05) is 56.6 Å². The Bertz CT molecular complexity index is 1210. The topological polar surface area (TPSA) is 42.0 Å². The zero-order valence-corrected chi connectivity index (χ0v) is 24.9. The van der Waals surface area contributed by atoms with Gasteiger partial charge in [0.05, 0.1) is 5.70 Å². The van der Waals surface area contributed by atoms with Gasteiger partial charge < -0.3 is 15.3 Å². The number of rotatable bonds is 12. The molecule has 2 N–H and O–H groups in total. The van der Waals surface area contributed by atoms with Crippen LogP contribution in [-0.4, -0.2) is 71.7 Å². The second-order valence-corrected chi connectivity index (χ2v) is 10.9. The van der Waals surface area contributed by atoms with E-state index in [4.69, 9.17) is 0 Å². The number of halogens is 2. The van der Waals surface area contributed by atoms with Crippen molar-refractivity contribution >= 4 is 0 Å². The third kappa shape index (κ3) is 9.58. The number of aryl methyl sites for hydroxylation is 1. The lowest BCUT2D eigenvalue weighted by molar-refractivity contribution is 0.0715. The molecule has 7 heteroatoms. The number of benzene rings is 1. The Morgan fingerprint density at radius 2 is 1.78 bits per heavy atom. The maximum absolute atomic E-state index is 14.2. The summed E-state index contributed by atoms with van der Waals surface area (Å²) in [6, 6.07) is 5.72. The quantitative estimate of drug-likeness (QED) is 0.218. The van der Waals surface area contributed by atoms with Gasteiger partial charge in [-0.25, -0.2) is 8.78 Å². The fraction of sp³-hybridized carbons (Fsp3) is 0.412. The van der Waals surface area contributed by atoms with Gasteiger partial charge in [0.25, 0.3) is 0 Å². The van der Waals surface area contributed by atoms with Gasteiger partial charge in [-0.05, 0) is 82.1 Å². The highest BCUT2D eigenvalue weighted by molar-refractivity contribution is 5.41. The first-order chi connectivity index (χ1) is 19.6. The maximum Gasteiger partial charge on any atom is 0.138 e. The van der Waals surface area contributed by atoms with E-state index in [-0.39, 0.29) is 17.4 Å². The summed E-state index contributed by atoms with van der Waals surface area (Å²) in [5.41, 5.74) is 4.51. The molecule has 1 aromatic rings. The number of hydrogen-bond acceptors (Lipinski definition) is 5. The van der Waals surface area contributed by atoms with E-state index >= 15 is 0 Å². The van der Waals surface area contributed by atoms with Crippen molar-refractivity contribution in [3.8, 4) is 0 Å². The number of aliphatic hydroxyl groups is 1. The number of nitrogens with zero attached hydrogens (tertiary/aromatic N) is 3. The highest BCUT2D eigenvalue weighted by atomic mass is 19.1. The summed E-state index contributed by atoms with van der Waals surface area (Å²) in [5.74, 6) is -0.456. The van der Waals surface area contributed by atoms with E-state index in [0.29, 0.717) is 29.5 Å². The minimum Gasteiger partial charge on any atom is -0.506 e. The standard InChI is InChI=1S/C34H46F2N4O/c1-7-29(27(5)37-23-30-11-9-25(3)21-33(30)36)22-34(41)28(6)39-17-19-40(20-18-39)32-13-15-38(16-14-32)24-26(4)10-12-31(35)8-2/h7-12,21-22,32,37,41H,2,5-6,13-20,23-24H2,1,3-4H3/b26-10+,29-7+,31-12+,34-22+. The van der Waals surface area contributed by atoms with Gasteiger partial charge in [0.1, 0.15) is 17.4 Å². The summed E-state index contributed by atoms with van der Waals surface area (Å²) in [6.45, 7) is 24.1.